The van der Waals surface area contributed by atoms with Gasteiger partial charge in [-0.2, -0.15) is 9.97 Å². The minimum absolute atomic E-state index is 0.0995. The normalized spacial score (nSPS) is 15.0. The molecule has 0 spiro atoms. The summed E-state index contributed by atoms with van der Waals surface area (Å²) < 4.78 is 11.2. The molecule has 1 aliphatic rings. The van der Waals surface area contributed by atoms with Crippen molar-refractivity contribution in [1.82, 2.24) is 25.1 Å². The molecule has 0 amide bonds. The third kappa shape index (κ3) is 5.05. The van der Waals surface area contributed by atoms with Crippen LogP contribution in [0.15, 0.2) is 34.2 Å². The highest BCUT2D eigenvalue weighted by molar-refractivity contribution is 7.98. The lowest BCUT2D eigenvalue weighted by Gasteiger charge is -2.30. The van der Waals surface area contributed by atoms with Crippen LogP contribution in [0.1, 0.15) is 51.2 Å². The first kappa shape index (κ1) is 22.9. The largest absolute Gasteiger partial charge is 0.432 e. The third-order valence-electron chi connectivity index (χ3n) is 5.34. The van der Waals surface area contributed by atoms with E-state index in [9.17, 15) is 10.1 Å². The van der Waals surface area contributed by atoms with Crippen molar-refractivity contribution < 1.29 is 14.2 Å². The van der Waals surface area contributed by atoms with Crippen molar-refractivity contribution in [3.8, 4) is 11.6 Å². The smallest absolute Gasteiger partial charge is 0.373 e. The first-order valence-corrected chi connectivity index (χ1v) is 11.7. The van der Waals surface area contributed by atoms with E-state index in [1.54, 1.807) is 12.1 Å². The first-order chi connectivity index (χ1) is 15.8. The monoisotopic (exact) mass is 471 g/mol. The van der Waals surface area contributed by atoms with Crippen molar-refractivity contribution in [3.05, 3.63) is 46.5 Å². The van der Waals surface area contributed by atoms with Crippen molar-refractivity contribution in [2.45, 2.75) is 50.0 Å². The molecule has 0 aliphatic carbocycles. The van der Waals surface area contributed by atoms with Gasteiger partial charge >= 0.3 is 11.6 Å². The fourth-order valence-electron chi connectivity index (χ4n) is 3.52. The maximum atomic E-state index is 11.9. The quantitative estimate of drug-likeness (QED) is 0.288. The molecule has 1 aliphatic heterocycles. The highest BCUT2D eigenvalue weighted by Gasteiger charge is 2.33. The van der Waals surface area contributed by atoms with Crippen molar-refractivity contribution in [3.63, 3.8) is 0 Å². The van der Waals surface area contributed by atoms with Crippen molar-refractivity contribution in [2.75, 3.05) is 24.2 Å². The van der Waals surface area contributed by atoms with Crippen LogP contribution in [0.5, 0.6) is 11.6 Å². The predicted molar refractivity (Wildman–Crippen MR) is 122 cm³/mol. The zero-order valence-corrected chi connectivity index (χ0v) is 19.7. The van der Waals surface area contributed by atoms with Gasteiger partial charge in [0.15, 0.2) is 5.82 Å². The van der Waals surface area contributed by atoms with Gasteiger partial charge in [-0.25, -0.2) is 9.97 Å². The maximum Gasteiger partial charge on any atom is 0.373 e. The fraction of sp³-hybridized carbons (Fsp3) is 0.476. The lowest BCUT2D eigenvalue weighted by molar-refractivity contribution is -0.385. The highest BCUT2D eigenvalue weighted by atomic mass is 32.2. The number of aromatic nitrogens is 5. The molecule has 0 unspecified atom stereocenters. The minimum Gasteiger partial charge on any atom is -0.432 e. The molecule has 1 fully saturated rings. The topological polar surface area (TPSA) is 133 Å². The standard InChI is InChI=1S/C21H25N7O4S/c1-21(2,3)20-25-18(32-26-20)13-7-9-27(10-8-13)17-16(28(29)30)19(24-12-23-17)31-14-5-6-15(33-4)22-11-14/h5-6,11-13H,7-10H2,1-4H3. The van der Waals surface area contributed by atoms with Gasteiger partial charge in [-0.3, -0.25) is 10.1 Å². The summed E-state index contributed by atoms with van der Waals surface area (Å²) >= 11 is 1.49. The lowest BCUT2D eigenvalue weighted by atomic mass is 9.95. The summed E-state index contributed by atoms with van der Waals surface area (Å²) in [6, 6.07) is 3.48. The van der Waals surface area contributed by atoms with Crippen LogP contribution in [0.4, 0.5) is 11.5 Å². The van der Waals surface area contributed by atoms with Crippen molar-refractivity contribution in [1.29, 1.82) is 0 Å². The van der Waals surface area contributed by atoms with Gasteiger partial charge < -0.3 is 14.2 Å². The van der Waals surface area contributed by atoms with Crippen LogP contribution in [0, 0.1) is 10.1 Å². The molecule has 1 saturated heterocycles. The van der Waals surface area contributed by atoms with Gasteiger partial charge in [-0.05, 0) is 31.2 Å². The summed E-state index contributed by atoms with van der Waals surface area (Å²) in [5, 5.41) is 16.9. The highest BCUT2D eigenvalue weighted by Crippen LogP contribution is 2.38. The molecular weight excluding hydrogens is 446 g/mol. The molecule has 0 bridgehead atoms. The van der Waals surface area contributed by atoms with Crippen LogP contribution in [-0.4, -0.2) is 49.4 Å². The number of nitrogens with zero attached hydrogens (tertiary/aromatic N) is 7. The van der Waals surface area contributed by atoms with E-state index >= 15 is 0 Å². The molecule has 4 rings (SSSR count). The Morgan fingerprint density at radius 3 is 2.55 bits per heavy atom. The lowest BCUT2D eigenvalue weighted by Crippen LogP contribution is -2.34. The molecule has 0 radical (unpaired) electrons. The van der Waals surface area contributed by atoms with Gasteiger partial charge in [-0.15, -0.1) is 11.8 Å². The molecule has 174 valence electrons. The van der Waals surface area contributed by atoms with Crippen LogP contribution in [0.25, 0.3) is 0 Å². The van der Waals surface area contributed by atoms with Crippen molar-refractivity contribution in [2.24, 2.45) is 0 Å². The number of rotatable bonds is 6. The van der Waals surface area contributed by atoms with Crippen LogP contribution in [-0.2, 0) is 5.41 Å². The van der Waals surface area contributed by atoms with E-state index < -0.39 is 4.92 Å². The van der Waals surface area contributed by atoms with Gasteiger partial charge in [0, 0.05) is 24.4 Å². The van der Waals surface area contributed by atoms with Crippen molar-refractivity contribution >= 4 is 23.3 Å². The van der Waals surface area contributed by atoms with E-state index in [2.05, 4.69) is 25.1 Å². The zero-order valence-electron chi connectivity index (χ0n) is 18.9. The Hall–Kier alpha value is -3.28. The molecule has 0 aromatic carbocycles. The van der Waals surface area contributed by atoms with Gasteiger partial charge in [0.25, 0.3) is 0 Å². The second-order valence-corrected chi connectivity index (χ2v) is 9.54. The number of anilines is 1. The van der Waals surface area contributed by atoms with Crippen LogP contribution < -0.4 is 9.64 Å². The van der Waals surface area contributed by atoms with E-state index in [0.29, 0.717) is 43.4 Å². The minimum atomic E-state index is -0.506. The second kappa shape index (κ2) is 9.30. The Kier molecular flexibility index (Phi) is 6.45. The van der Waals surface area contributed by atoms with Gasteiger partial charge in [0.2, 0.25) is 11.7 Å². The second-order valence-electron chi connectivity index (χ2n) is 8.71. The van der Waals surface area contributed by atoms with Crippen LogP contribution in [0.2, 0.25) is 0 Å². The zero-order chi connectivity index (χ0) is 23.6. The third-order valence-corrected chi connectivity index (χ3v) is 6.00. The maximum absolute atomic E-state index is 11.9. The Bertz CT molecular complexity index is 1120. The number of ether oxygens (including phenoxy) is 1. The molecule has 33 heavy (non-hydrogen) atoms. The van der Waals surface area contributed by atoms with E-state index in [-0.39, 0.29) is 28.7 Å². The summed E-state index contributed by atoms with van der Waals surface area (Å²) in [5.74, 6) is 1.87. The molecule has 4 heterocycles. The SMILES string of the molecule is CSc1ccc(Oc2ncnc(N3CCC(c4nc(C(C)(C)C)no4)CC3)c2[N+](=O)[O-])cn1. The first-order valence-electron chi connectivity index (χ1n) is 10.5. The number of nitro groups is 1. The van der Waals surface area contributed by atoms with E-state index in [4.69, 9.17) is 9.26 Å². The Morgan fingerprint density at radius 1 is 1.21 bits per heavy atom. The average molecular weight is 472 g/mol. The molecule has 3 aromatic heterocycles. The van der Waals surface area contributed by atoms with E-state index in [0.717, 1.165) is 5.03 Å². The van der Waals surface area contributed by atoms with Crippen LogP contribution in [0.3, 0.4) is 0 Å². The predicted octanol–water partition coefficient (Wildman–Crippen LogP) is 4.36. The Balaban J connectivity index is 1.51. The molecule has 0 saturated carbocycles. The Morgan fingerprint density at radius 2 is 1.97 bits per heavy atom. The number of hydrogen-bond donors (Lipinski definition) is 0. The van der Waals surface area contributed by atoms with Gasteiger partial charge in [0.05, 0.1) is 16.1 Å². The summed E-state index contributed by atoms with van der Waals surface area (Å²) in [4.78, 5) is 30.3. The summed E-state index contributed by atoms with van der Waals surface area (Å²) in [6.07, 6.45) is 6.13. The molecule has 3 aromatic rings. The van der Waals surface area contributed by atoms with Crippen LogP contribution >= 0.6 is 11.8 Å². The number of pyridine rings is 1. The van der Waals surface area contributed by atoms with Gasteiger partial charge in [-0.1, -0.05) is 25.9 Å². The molecule has 11 nitrogen and oxygen atoms in total. The molecule has 0 N–H and O–H groups in total. The number of hydrogen-bond acceptors (Lipinski definition) is 11. The molecule has 0 atom stereocenters. The Labute approximate surface area is 195 Å². The van der Waals surface area contributed by atoms with E-state index in [1.165, 1.54) is 24.3 Å². The van der Waals surface area contributed by atoms with E-state index in [1.807, 2.05) is 31.9 Å². The summed E-state index contributed by atoms with van der Waals surface area (Å²) in [7, 11) is 0. The number of thioether (sulfide) groups is 1. The average Bonchev–Trinajstić information content (AvgIpc) is 3.30. The molecule has 12 heteroatoms. The summed E-state index contributed by atoms with van der Waals surface area (Å²) in [6.45, 7) is 7.21. The summed E-state index contributed by atoms with van der Waals surface area (Å²) in [5.41, 5.74) is -0.455. The fourth-order valence-corrected chi connectivity index (χ4v) is 3.89. The van der Waals surface area contributed by atoms with Gasteiger partial charge in [0.1, 0.15) is 12.1 Å². The molecular formula is C21H25N7O4S. The number of piperidine rings is 1.